The van der Waals surface area contributed by atoms with E-state index in [1.807, 2.05) is 24.7 Å². The van der Waals surface area contributed by atoms with Crippen molar-refractivity contribution in [3.8, 4) is 0 Å². The number of nitrogens with two attached hydrogens (primary N) is 1. The van der Waals surface area contributed by atoms with Crippen molar-refractivity contribution in [3.05, 3.63) is 18.0 Å². The highest BCUT2D eigenvalue weighted by Gasteiger charge is 2.06. The normalized spacial score (nSPS) is 12.4. The fourth-order valence-corrected chi connectivity index (χ4v) is 1.37. The lowest BCUT2D eigenvalue weighted by atomic mass is 10.1. The molecule has 1 atom stereocenters. The van der Waals surface area contributed by atoms with E-state index in [-0.39, 0.29) is 11.8 Å². The average Bonchev–Trinajstić information content (AvgIpc) is 2.64. The van der Waals surface area contributed by atoms with Crippen LogP contribution >= 0.6 is 0 Å². The molecular weight excluding hydrogens is 204 g/mol. The molecule has 16 heavy (non-hydrogen) atoms. The largest absolute Gasteiger partial charge is 0.354 e. The Morgan fingerprint density at radius 1 is 1.69 bits per heavy atom. The number of hydrogen-bond acceptors (Lipinski definition) is 3. The molecule has 5 heteroatoms. The Labute approximate surface area is 96.0 Å². The Morgan fingerprint density at radius 2 is 2.44 bits per heavy atom. The first-order valence-electron chi connectivity index (χ1n) is 5.57. The molecule has 90 valence electrons. The summed E-state index contributed by atoms with van der Waals surface area (Å²) in [6.07, 6.45) is 4.25. The third-order valence-electron chi connectivity index (χ3n) is 2.36. The Morgan fingerprint density at radius 3 is 3.00 bits per heavy atom. The number of amides is 1. The lowest BCUT2D eigenvalue weighted by Gasteiger charge is -2.09. The molecule has 0 spiro atoms. The van der Waals surface area contributed by atoms with Crippen LogP contribution in [0.1, 0.15) is 18.9 Å². The first-order valence-corrected chi connectivity index (χ1v) is 5.57. The van der Waals surface area contributed by atoms with E-state index in [0.717, 1.165) is 5.56 Å². The molecule has 0 aliphatic rings. The van der Waals surface area contributed by atoms with Crippen LogP contribution in [0.3, 0.4) is 0 Å². The number of nitrogens with zero attached hydrogens (tertiary/aromatic N) is 2. The van der Waals surface area contributed by atoms with Gasteiger partial charge in [-0.3, -0.25) is 9.48 Å². The van der Waals surface area contributed by atoms with Crippen LogP contribution in [0, 0.1) is 12.8 Å². The second kappa shape index (κ2) is 6.27. The molecule has 1 aromatic heterocycles. The number of nitrogens with one attached hydrogen (secondary N) is 1. The van der Waals surface area contributed by atoms with Crippen molar-refractivity contribution in [3.63, 3.8) is 0 Å². The molecule has 0 aliphatic carbocycles. The topological polar surface area (TPSA) is 72.9 Å². The third kappa shape index (κ3) is 4.44. The van der Waals surface area contributed by atoms with Crippen molar-refractivity contribution in [1.29, 1.82) is 0 Å². The number of carbonyl (C=O) groups is 1. The van der Waals surface area contributed by atoms with Gasteiger partial charge in [0.25, 0.3) is 0 Å². The summed E-state index contributed by atoms with van der Waals surface area (Å²) in [5.74, 6) is 0.300. The van der Waals surface area contributed by atoms with Gasteiger partial charge in [0.2, 0.25) is 5.91 Å². The Balaban J connectivity index is 2.18. The molecule has 1 heterocycles. The summed E-state index contributed by atoms with van der Waals surface area (Å²) in [4.78, 5) is 11.4. The van der Waals surface area contributed by atoms with Crippen molar-refractivity contribution < 1.29 is 4.79 Å². The molecule has 0 bridgehead atoms. The minimum Gasteiger partial charge on any atom is -0.354 e. The van der Waals surface area contributed by atoms with Gasteiger partial charge in [-0.25, -0.2) is 0 Å². The second-order valence-corrected chi connectivity index (χ2v) is 4.18. The minimum atomic E-state index is 0.0572. The van der Waals surface area contributed by atoms with Crippen molar-refractivity contribution in [2.45, 2.75) is 26.8 Å². The maximum atomic E-state index is 11.4. The molecule has 0 radical (unpaired) electrons. The van der Waals surface area contributed by atoms with Crippen LogP contribution in [-0.2, 0) is 11.3 Å². The predicted molar refractivity (Wildman–Crippen MR) is 62.8 cm³/mol. The van der Waals surface area contributed by atoms with Gasteiger partial charge in [-0.05, 0) is 24.9 Å². The van der Waals surface area contributed by atoms with E-state index in [1.54, 1.807) is 6.20 Å². The quantitative estimate of drug-likeness (QED) is 0.729. The van der Waals surface area contributed by atoms with Crippen LogP contribution in [0.4, 0.5) is 0 Å². The van der Waals surface area contributed by atoms with Crippen molar-refractivity contribution in [1.82, 2.24) is 15.1 Å². The summed E-state index contributed by atoms with van der Waals surface area (Å²) in [7, 11) is 0. The van der Waals surface area contributed by atoms with Crippen LogP contribution in [0.5, 0.6) is 0 Å². The van der Waals surface area contributed by atoms with Gasteiger partial charge in [-0.2, -0.15) is 5.10 Å². The molecule has 0 aliphatic heterocycles. The summed E-state index contributed by atoms with van der Waals surface area (Å²) >= 11 is 0. The van der Waals surface area contributed by atoms with Crippen LogP contribution in [0.25, 0.3) is 0 Å². The Bertz CT molecular complexity index is 334. The zero-order valence-corrected chi connectivity index (χ0v) is 9.94. The van der Waals surface area contributed by atoms with Gasteiger partial charge in [-0.1, -0.05) is 6.92 Å². The monoisotopic (exact) mass is 224 g/mol. The van der Waals surface area contributed by atoms with Gasteiger partial charge >= 0.3 is 0 Å². The van der Waals surface area contributed by atoms with Crippen molar-refractivity contribution >= 4 is 5.91 Å². The summed E-state index contributed by atoms with van der Waals surface area (Å²) in [6.45, 7) is 5.82. The van der Waals surface area contributed by atoms with Gasteiger partial charge in [0.15, 0.2) is 0 Å². The first kappa shape index (κ1) is 12.7. The molecule has 1 unspecified atom stereocenters. The van der Waals surface area contributed by atoms with Crippen LogP contribution in [-0.4, -0.2) is 28.8 Å². The lowest BCUT2D eigenvalue weighted by Crippen LogP contribution is -2.29. The van der Waals surface area contributed by atoms with E-state index in [1.165, 1.54) is 0 Å². The average molecular weight is 224 g/mol. The van der Waals surface area contributed by atoms with Gasteiger partial charge in [-0.15, -0.1) is 0 Å². The number of hydrogen-bond donors (Lipinski definition) is 2. The smallest absolute Gasteiger partial charge is 0.220 e. The summed E-state index contributed by atoms with van der Waals surface area (Å²) in [6, 6.07) is 0. The third-order valence-corrected chi connectivity index (χ3v) is 2.36. The molecule has 1 amide bonds. The Hall–Kier alpha value is -1.36. The zero-order chi connectivity index (χ0) is 12.0. The van der Waals surface area contributed by atoms with E-state index in [0.29, 0.717) is 26.1 Å². The van der Waals surface area contributed by atoms with E-state index in [4.69, 9.17) is 5.73 Å². The number of carbonyl (C=O) groups excluding carboxylic acids is 1. The highest BCUT2D eigenvalue weighted by atomic mass is 16.1. The maximum absolute atomic E-state index is 11.4. The zero-order valence-electron chi connectivity index (χ0n) is 9.94. The van der Waals surface area contributed by atoms with Crippen LogP contribution in [0.2, 0.25) is 0 Å². The van der Waals surface area contributed by atoms with E-state index >= 15 is 0 Å². The van der Waals surface area contributed by atoms with E-state index in [9.17, 15) is 4.79 Å². The fourth-order valence-electron chi connectivity index (χ4n) is 1.37. The molecule has 3 N–H and O–H groups in total. The second-order valence-electron chi connectivity index (χ2n) is 4.18. The Kier molecular flexibility index (Phi) is 4.98. The molecule has 5 nitrogen and oxygen atoms in total. The van der Waals surface area contributed by atoms with Crippen molar-refractivity contribution in [2.75, 3.05) is 13.1 Å². The molecule has 0 saturated carbocycles. The highest BCUT2D eigenvalue weighted by molar-refractivity contribution is 5.76. The summed E-state index contributed by atoms with van der Waals surface area (Å²) in [5.41, 5.74) is 6.58. The predicted octanol–water partition coefficient (Wildman–Crippen LogP) is 0.293. The van der Waals surface area contributed by atoms with Gasteiger partial charge < -0.3 is 11.1 Å². The molecule has 0 fully saturated rings. The summed E-state index contributed by atoms with van der Waals surface area (Å²) in [5, 5.41) is 6.99. The van der Waals surface area contributed by atoms with E-state index in [2.05, 4.69) is 10.4 Å². The van der Waals surface area contributed by atoms with Gasteiger partial charge in [0.05, 0.1) is 12.7 Å². The standard InChI is InChI=1S/C11H20N4O/c1-9(6-12)5-11(16)13-3-4-15-8-10(2)7-14-15/h7-9H,3-6,12H2,1-2H3,(H,13,16). The number of rotatable bonds is 6. The molecule has 0 aromatic carbocycles. The maximum Gasteiger partial charge on any atom is 0.220 e. The number of aromatic nitrogens is 2. The van der Waals surface area contributed by atoms with Crippen LogP contribution in [0.15, 0.2) is 12.4 Å². The molecular formula is C11H20N4O. The van der Waals surface area contributed by atoms with Gasteiger partial charge in [0.1, 0.15) is 0 Å². The minimum absolute atomic E-state index is 0.0572. The molecule has 0 saturated heterocycles. The highest BCUT2D eigenvalue weighted by Crippen LogP contribution is 1.98. The first-order chi connectivity index (χ1) is 7.61. The van der Waals surface area contributed by atoms with Gasteiger partial charge in [0, 0.05) is 19.2 Å². The lowest BCUT2D eigenvalue weighted by molar-refractivity contribution is -0.121. The SMILES string of the molecule is Cc1cnn(CCNC(=O)CC(C)CN)c1. The summed E-state index contributed by atoms with van der Waals surface area (Å²) < 4.78 is 1.82. The molecule has 1 aromatic rings. The molecule has 1 rings (SSSR count). The fraction of sp³-hybridized carbons (Fsp3) is 0.636. The van der Waals surface area contributed by atoms with Crippen molar-refractivity contribution in [2.24, 2.45) is 11.7 Å². The van der Waals surface area contributed by atoms with Crippen LogP contribution < -0.4 is 11.1 Å². The van der Waals surface area contributed by atoms with E-state index < -0.39 is 0 Å². The number of aryl methyl sites for hydroxylation is 1.